The van der Waals surface area contributed by atoms with Gasteiger partial charge in [-0.05, 0) is 50.4 Å². The molecule has 4 nitrogen and oxygen atoms in total. The maximum atomic E-state index is 13.0. The van der Waals surface area contributed by atoms with E-state index < -0.39 is 5.41 Å². The van der Waals surface area contributed by atoms with E-state index >= 15 is 0 Å². The van der Waals surface area contributed by atoms with Gasteiger partial charge in [-0.25, -0.2) is 0 Å². The van der Waals surface area contributed by atoms with Crippen LogP contribution in [0.4, 0.5) is 0 Å². The Morgan fingerprint density at radius 3 is 2.65 bits per heavy atom. The molecule has 0 aromatic heterocycles. The van der Waals surface area contributed by atoms with Crippen LogP contribution in [0.5, 0.6) is 5.75 Å². The van der Waals surface area contributed by atoms with Gasteiger partial charge in [0, 0.05) is 12.6 Å². The Hall–Kier alpha value is -1.55. The van der Waals surface area contributed by atoms with Gasteiger partial charge < -0.3 is 15.4 Å². The highest BCUT2D eigenvalue weighted by Gasteiger charge is 2.42. The number of carbonyl (C=O) groups excluding carboxylic acids is 1. The molecule has 0 aliphatic heterocycles. The maximum Gasteiger partial charge on any atom is 0.230 e. The number of rotatable bonds is 7. The fourth-order valence-corrected chi connectivity index (χ4v) is 3.58. The van der Waals surface area contributed by atoms with Gasteiger partial charge in [-0.1, -0.05) is 31.9 Å². The number of hydrogen-bond donors (Lipinski definition) is 2. The van der Waals surface area contributed by atoms with Crippen LogP contribution in [0.15, 0.2) is 18.2 Å². The van der Waals surface area contributed by atoms with Gasteiger partial charge in [-0.15, -0.1) is 0 Å². The predicted octanol–water partition coefficient (Wildman–Crippen LogP) is 2.93. The van der Waals surface area contributed by atoms with Crippen molar-refractivity contribution in [1.82, 2.24) is 10.6 Å². The molecule has 1 atom stereocenters. The summed E-state index contributed by atoms with van der Waals surface area (Å²) in [6, 6.07) is 6.49. The average molecular weight is 318 g/mol. The second-order valence-electron chi connectivity index (χ2n) is 6.64. The van der Waals surface area contributed by atoms with Crippen LogP contribution in [0.25, 0.3) is 0 Å². The molecule has 1 aliphatic carbocycles. The molecular formula is C19H30N2O2. The summed E-state index contributed by atoms with van der Waals surface area (Å²) >= 11 is 0. The van der Waals surface area contributed by atoms with Crippen LogP contribution in [-0.4, -0.2) is 32.1 Å². The minimum absolute atomic E-state index is 0.158. The number of nitrogens with one attached hydrogen (secondary N) is 2. The normalized spacial score (nSPS) is 17.7. The number of amides is 1. The topological polar surface area (TPSA) is 50.4 Å². The molecule has 2 rings (SSSR count). The Labute approximate surface area is 140 Å². The molecule has 2 N–H and O–H groups in total. The molecule has 1 aliphatic rings. The van der Waals surface area contributed by atoms with Crippen molar-refractivity contribution in [2.24, 2.45) is 0 Å². The Kier molecular flexibility index (Phi) is 6.05. The standard InChI is InChI=1S/C19H30N2O2/c1-5-20-15(3)13-21-18(22)19(10-6-7-11-19)16-9-8-14(2)17(12-16)23-4/h8-9,12,15,20H,5-7,10-11,13H2,1-4H3,(H,21,22)/t15-/m1/s1. The molecule has 1 fully saturated rings. The SMILES string of the molecule is CCN[C@H](C)CNC(=O)C1(c2ccc(C)c(OC)c2)CCCC1. The van der Waals surface area contributed by atoms with Crippen molar-refractivity contribution >= 4 is 5.91 Å². The summed E-state index contributed by atoms with van der Waals surface area (Å²) in [6.07, 6.45) is 4.04. The molecule has 1 amide bonds. The Bertz CT molecular complexity index is 536. The number of hydrogen-bond acceptors (Lipinski definition) is 3. The van der Waals surface area contributed by atoms with Crippen LogP contribution >= 0.6 is 0 Å². The summed E-state index contributed by atoms with van der Waals surface area (Å²) in [5, 5.41) is 6.49. The van der Waals surface area contributed by atoms with Crippen LogP contribution in [0.2, 0.25) is 0 Å². The summed E-state index contributed by atoms with van der Waals surface area (Å²) < 4.78 is 5.46. The monoisotopic (exact) mass is 318 g/mol. The van der Waals surface area contributed by atoms with Gasteiger partial charge in [0.05, 0.1) is 12.5 Å². The van der Waals surface area contributed by atoms with Crippen molar-refractivity contribution in [2.45, 2.75) is 57.9 Å². The molecule has 0 spiro atoms. The van der Waals surface area contributed by atoms with E-state index in [0.29, 0.717) is 6.54 Å². The molecule has 0 bridgehead atoms. The smallest absolute Gasteiger partial charge is 0.230 e. The molecule has 0 saturated heterocycles. The number of methoxy groups -OCH3 is 1. The van der Waals surface area contributed by atoms with Gasteiger partial charge in [0.25, 0.3) is 0 Å². The second kappa shape index (κ2) is 7.82. The van der Waals surface area contributed by atoms with Crippen LogP contribution in [0.3, 0.4) is 0 Å². The minimum Gasteiger partial charge on any atom is -0.496 e. The number of ether oxygens (including phenoxy) is 1. The molecule has 1 saturated carbocycles. The lowest BCUT2D eigenvalue weighted by Crippen LogP contribution is -2.47. The molecule has 1 aromatic carbocycles. The van der Waals surface area contributed by atoms with Gasteiger partial charge in [-0.3, -0.25) is 4.79 Å². The van der Waals surface area contributed by atoms with Gasteiger partial charge in [0.2, 0.25) is 5.91 Å². The number of aryl methyl sites for hydroxylation is 1. The molecular weight excluding hydrogens is 288 g/mol. The fraction of sp³-hybridized carbons (Fsp3) is 0.632. The maximum absolute atomic E-state index is 13.0. The van der Waals surface area contributed by atoms with Gasteiger partial charge >= 0.3 is 0 Å². The van der Waals surface area contributed by atoms with Gasteiger partial charge in [0.15, 0.2) is 0 Å². The fourth-order valence-electron chi connectivity index (χ4n) is 3.58. The van der Waals surface area contributed by atoms with E-state index in [0.717, 1.165) is 49.1 Å². The highest BCUT2D eigenvalue weighted by atomic mass is 16.5. The third kappa shape index (κ3) is 3.86. The van der Waals surface area contributed by atoms with Crippen LogP contribution in [-0.2, 0) is 10.2 Å². The molecule has 0 radical (unpaired) electrons. The van der Waals surface area contributed by atoms with Crippen molar-refractivity contribution in [2.75, 3.05) is 20.2 Å². The zero-order valence-corrected chi connectivity index (χ0v) is 14.9. The predicted molar refractivity (Wildman–Crippen MR) is 94.0 cm³/mol. The molecule has 1 aromatic rings. The molecule has 0 unspecified atom stereocenters. The molecule has 23 heavy (non-hydrogen) atoms. The average Bonchev–Trinajstić information content (AvgIpc) is 3.04. The minimum atomic E-state index is -0.396. The third-order valence-corrected chi connectivity index (χ3v) is 4.97. The molecule has 128 valence electrons. The Morgan fingerprint density at radius 2 is 2.04 bits per heavy atom. The second-order valence-corrected chi connectivity index (χ2v) is 6.64. The highest BCUT2D eigenvalue weighted by Crippen LogP contribution is 2.42. The summed E-state index contributed by atoms with van der Waals surface area (Å²) in [4.78, 5) is 13.0. The number of carbonyl (C=O) groups is 1. The molecule has 0 heterocycles. The first kappa shape index (κ1) is 17.8. The lowest BCUT2D eigenvalue weighted by atomic mass is 9.77. The third-order valence-electron chi connectivity index (χ3n) is 4.97. The number of benzene rings is 1. The molecule has 4 heteroatoms. The van der Waals surface area contributed by atoms with E-state index in [1.807, 2.05) is 13.0 Å². The van der Waals surface area contributed by atoms with Crippen LogP contribution in [0, 0.1) is 6.92 Å². The Balaban J connectivity index is 2.20. The lowest BCUT2D eigenvalue weighted by molar-refractivity contribution is -0.126. The van der Waals surface area contributed by atoms with Crippen molar-refractivity contribution in [3.63, 3.8) is 0 Å². The van der Waals surface area contributed by atoms with Crippen LogP contribution < -0.4 is 15.4 Å². The first-order chi connectivity index (χ1) is 11.0. The summed E-state index contributed by atoms with van der Waals surface area (Å²) in [7, 11) is 1.69. The van der Waals surface area contributed by atoms with E-state index in [1.54, 1.807) is 7.11 Å². The quantitative estimate of drug-likeness (QED) is 0.813. The van der Waals surface area contributed by atoms with Gasteiger partial charge in [0.1, 0.15) is 5.75 Å². The lowest BCUT2D eigenvalue weighted by Gasteiger charge is -2.29. The van der Waals surface area contributed by atoms with Crippen molar-refractivity contribution in [3.8, 4) is 5.75 Å². The summed E-state index contributed by atoms with van der Waals surface area (Å²) in [5.74, 6) is 1.02. The first-order valence-corrected chi connectivity index (χ1v) is 8.70. The summed E-state index contributed by atoms with van der Waals surface area (Å²) in [5.41, 5.74) is 1.80. The van der Waals surface area contributed by atoms with E-state index in [1.165, 1.54) is 0 Å². The zero-order chi connectivity index (χ0) is 16.9. The van der Waals surface area contributed by atoms with E-state index in [4.69, 9.17) is 4.74 Å². The van der Waals surface area contributed by atoms with E-state index in [9.17, 15) is 4.79 Å². The van der Waals surface area contributed by atoms with E-state index in [-0.39, 0.29) is 11.9 Å². The van der Waals surface area contributed by atoms with Crippen molar-refractivity contribution in [1.29, 1.82) is 0 Å². The number of likely N-dealkylation sites (N-methyl/N-ethyl adjacent to an activating group) is 1. The Morgan fingerprint density at radius 1 is 1.35 bits per heavy atom. The van der Waals surface area contributed by atoms with Gasteiger partial charge in [-0.2, -0.15) is 0 Å². The van der Waals surface area contributed by atoms with Crippen LogP contribution in [0.1, 0.15) is 50.7 Å². The van der Waals surface area contributed by atoms with Crippen molar-refractivity contribution < 1.29 is 9.53 Å². The van der Waals surface area contributed by atoms with E-state index in [2.05, 4.69) is 36.6 Å². The highest BCUT2D eigenvalue weighted by molar-refractivity contribution is 5.88. The largest absolute Gasteiger partial charge is 0.496 e. The zero-order valence-electron chi connectivity index (χ0n) is 14.9. The first-order valence-electron chi connectivity index (χ1n) is 8.70. The van der Waals surface area contributed by atoms with Crippen molar-refractivity contribution in [3.05, 3.63) is 29.3 Å². The summed E-state index contributed by atoms with van der Waals surface area (Å²) in [6.45, 7) is 7.78.